The third-order valence-corrected chi connectivity index (χ3v) is 4.29. The first-order valence-corrected chi connectivity index (χ1v) is 7.13. The van der Waals surface area contributed by atoms with Crippen LogP contribution in [-0.4, -0.2) is 10.7 Å². The predicted octanol–water partition coefficient (Wildman–Crippen LogP) is 4.53. The molecule has 0 aromatic rings. The fourth-order valence-electron chi connectivity index (χ4n) is 3.29. The van der Waals surface area contributed by atoms with Gasteiger partial charge >= 0.3 is 0 Å². The van der Waals surface area contributed by atoms with E-state index in [1.165, 1.54) is 32.1 Å². The molecule has 2 unspecified atom stereocenters. The molecule has 0 saturated heterocycles. The molecule has 1 rings (SSSR count). The molecule has 1 saturated carbocycles. The zero-order valence-corrected chi connectivity index (χ0v) is 11.7. The van der Waals surface area contributed by atoms with Crippen molar-refractivity contribution >= 4 is 0 Å². The van der Waals surface area contributed by atoms with Crippen LogP contribution in [0.25, 0.3) is 0 Å². The van der Waals surface area contributed by atoms with Crippen molar-refractivity contribution in [3.63, 3.8) is 0 Å². The molecule has 0 spiro atoms. The number of hydrogen-bond acceptors (Lipinski definition) is 1. The first kappa shape index (κ1) is 14.0. The summed E-state index contributed by atoms with van der Waals surface area (Å²) >= 11 is 0. The molecule has 0 aliphatic heterocycles. The van der Waals surface area contributed by atoms with Gasteiger partial charge in [-0.05, 0) is 37.0 Å². The fourth-order valence-corrected chi connectivity index (χ4v) is 3.29. The number of hydrogen-bond donors (Lipinski definition) is 1. The molecule has 1 nitrogen and oxygen atoms in total. The van der Waals surface area contributed by atoms with Gasteiger partial charge in [-0.15, -0.1) is 0 Å². The second kappa shape index (κ2) is 5.53. The smallest absolute Gasteiger partial charge is 0.0655 e. The molecular weight excluding hydrogens is 196 g/mol. The van der Waals surface area contributed by atoms with Gasteiger partial charge in [0.2, 0.25) is 0 Å². The van der Waals surface area contributed by atoms with Gasteiger partial charge in [0.05, 0.1) is 5.60 Å². The minimum atomic E-state index is -0.349. The molecule has 0 bridgehead atoms. The minimum Gasteiger partial charge on any atom is -0.390 e. The Labute approximate surface area is 102 Å². The molecule has 96 valence electrons. The fraction of sp³-hybridized carbons (Fsp3) is 1.00. The van der Waals surface area contributed by atoms with Gasteiger partial charge in [-0.25, -0.2) is 0 Å². The van der Waals surface area contributed by atoms with E-state index in [-0.39, 0.29) is 5.60 Å². The van der Waals surface area contributed by atoms with Crippen LogP contribution in [0.4, 0.5) is 0 Å². The van der Waals surface area contributed by atoms with Gasteiger partial charge in [-0.2, -0.15) is 0 Å². The van der Waals surface area contributed by atoms with Crippen LogP contribution in [0.1, 0.15) is 79.1 Å². The van der Waals surface area contributed by atoms with Gasteiger partial charge in [0.1, 0.15) is 0 Å². The molecular formula is C15H30O. The lowest BCUT2D eigenvalue weighted by Crippen LogP contribution is -2.29. The zero-order valence-electron chi connectivity index (χ0n) is 11.7. The van der Waals surface area contributed by atoms with E-state index in [0.29, 0.717) is 5.41 Å². The van der Waals surface area contributed by atoms with E-state index in [4.69, 9.17) is 0 Å². The van der Waals surface area contributed by atoms with Gasteiger partial charge in [0, 0.05) is 0 Å². The molecule has 1 N–H and O–H groups in total. The summed E-state index contributed by atoms with van der Waals surface area (Å²) in [4.78, 5) is 0. The predicted molar refractivity (Wildman–Crippen MR) is 70.5 cm³/mol. The van der Waals surface area contributed by atoms with Crippen molar-refractivity contribution < 1.29 is 5.11 Å². The molecule has 0 amide bonds. The summed E-state index contributed by atoms with van der Waals surface area (Å²) in [6, 6.07) is 0. The van der Waals surface area contributed by atoms with Gasteiger partial charge in [0.15, 0.2) is 0 Å². The SMILES string of the molecule is CCCCC(CC)CC1(O)CCC(C)(C)C1. The van der Waals surface area contributed by atoms with Crippen molar-refractivity contribution in [3.8, 4) is 0 Å². The maximum Gasteiger partial charge on any atom is 0.0655 e. The van der Waals surface area contributed by atoms with E-state index >= 15 is 0 Å². The van der Waals surface area contributed by atoms with Gasteiger partial charge in [-0.3, -0.25) is 0 Å². The Balaban J connectivity index is 2.45. The van der Waals surface area contributed by atoms with E-state index in [2.05, 4.69) is 27.7 Å². The van der Waals surface area contributed by atoms with Crippen molar-refractivity contribution in [1.82, 2.24) is 0 Å². The Morgan fingerprint density at radius 1 is 1.19 bits per heavy atom. The minimum absolute atomic E-state index is 0.349. The van der Waals surface area contributed by atoms with Crippen LogP contribution in [0.2, 0.25) is 0 Å². The number of aliphatic hydroxyl groups is 1. The van der Waals surface area contributed by atoms with Crippen LogP contribution in [-0.2, 0) is 0 Å². The van der Waals surface area contributed by atoms with Crippen molar-refractivity contribution in [2.75, 3.05) is 0 Å². The van der Waals surface area contributed by atoms with Crippen molar-refractivity contribution in [1.29, 1.82) is 0 Å². The van der Waals surface area contributed by atoms with Gasteiger partial charge in [0.25, 0.3) is 0 Å². The quantitative estimate of drug-likeness (QED) is 0.705. The summed E-state index contributed by atoms with van der Waals surface area (Å²) in [5, 5.41) is 10.6. The van der Waals surface area contributed by atoms with Crippen molar-refractivity contribution in [2.45, 2.75) is 84.7 Å². The first-order chi connectivity index (χ1) is 7.41. The van der Waals surface area contributed by atoms with E-state index in [1.54, 1.807) is 0 Å². The lowest BCUT2D eigenvalue weighted by molar-refractivity contribution is 0.0110. The van der Waals surface area contributed by atoms with Crippen LogP contribution in [0.5, 0.6) is 0 Å². The van der Waals surface area contributed by atoms with Crippen molar-refractivity contribution in [2.24, 2.45) is 11.3 Å². The average molecular weight is 226 g/mol. The Morgan fingerprint density at radius 3 is 2.31 bits per heavy atom. The Morgan fingerprint density at radius 2 is 1.88 bits per heavy atom. The second-order valence-corrected chi connectivity index (χ2v) is 6.69. The molecule has 0 aromatic heterocycles. The topological polar surface area (TPSA) is 20.2 Å². The lowest BCUT2D eigenvalue weighted by Gasteiger charge is -2.29. The highest BCUT2D eigenvalue weighted by Crippen LogP contribution is 2.46. The van der Waals surface area contributed by atoms with E-state index in [9.17, 15) is 5.11 Å². The molecule has 1 aliphatic carbocycles. The largest absolute Gasteiger partial charge is 0.390 e. The molecule has 0 heterocycles. The van der Waals surface area contributed by atoms with Gasteiger partial charge in [-0.1, -0.05) is 53.4 Å². The normalized spacial score (nSPS) is 30.6. The third kappa shape index (κ3) is 4.08. The molecule has 1 aliphatic rings. The number of rotatable bonds is 6. The zero-order chi connectivity index (χ0) is 12.2. The highest BCUT2D eigenvalue weighted by molar-refractivity contribution is 4.94. The summed E-state index contributed by atoms with van der Waals surface area (Å²) in [7, 11) is 0. The van der Waals surface area contributed by atoms with Crippen LogP contribution in [0, 0.1) is 11.3 Å². The molecule has 1 fully saturated rings. The van der Waals surface area contributed by atoms with Gasteiger partial charge < -0.3 is 5.11 Å². The first-order valence-electron chi connectivity index (χ1n) is 7.13. The Hall–Kier alpha value is -0.0400. The molecule has 1 heteroatoms. The average Bonchev–Trinajstić information content (AvgIpc) is 2.48. The summed E-state index contributed by atoms with van der Waals surface area (Å²) in [6.07, 6.45) is 9.36. The van der Waals surface area contributed by atoms with Crippen molar-refractivity contribution in [3.05, 3.63) is 0 Å². The van der Waals surface area contributed by atoms with Crippen LogP contribution >= 0.6 is 0 Å². The summed E-state index contributed by atoms with van der Waals surface area (Å²) < 4.78 is 0. The standard InChI is InChI=1S/C15H30O/c1-5-7-8-13(6-2)11-15(16)10-9-14(3,4)12-15/h13,16H,5-12H2,1-4H3. The van der Waals surface area contributed by atoms with Crippen LogP contribution in [0.3, 0.4) is 0 Å². The van der Waals surface area contributed by atoms with E-state index in [1.807, 2.05) is 0 Å². The Bertz CT molecular complexity index is 209. The highest BCUT2D eigenvalue weighted by atomic mass is 16.3. The summed E-state index contributed by atoms with van der Waals surface area (Å²) in [5.41, 5.74) is 0.00964. The van der Waals surface area contributed by atoms with Crippen LogP contribution in [0.15, 0.2) is 0 Å². The monoisotopic (exact) mass is 226 g/mol. The van der Waals surface area contributed by atoms with E-state index < -0.39 is 0 Å². The molecule has 2 atom stereocenters. The van der Waals surface area contributed by atoms with Crippen LogP contribution < -0.4 is 0 Å². The Kier molecular flexibility index (Phi) is 4.85. The summed E-state index contributed by atoms with van der Waals surface area (Å²) in [5.74, 6) is 0.735. The second-order valence-electron chi connectivity index (χ2n) is 6.69. The van der Waals surface area contributed by atoms with E-state index in [0.717, 1.165) is 25.2 Å². The number of unbranched alkanes of at least 4 members (excludes halogenated alkanes) is 1. The third-order valence-electron chi connectivity index (χ3n) is 4.29. The maximum absolute atomic E-state index is 10.6. The highest BCUT2D eigenvalue weighted by Gasteiger charge is 2.42. The summed E-state index contributed by atoms with van der Waals surface area (Å²) in [6.45, 7) is 9.10. The molecule has 16 heavy (non-hydrogen) atoms. The lowest BCUT2D eigenvalue weighted by atomic mass is 9.82. The molecule has 0 radical (unpaired) electrons. The maximum atomic E-state index is 10.6. The molecule has 0 aromatic carbocycles.